The Balaban J connectivity index is 1.94. The predicted octanol–water partition coefficient (Wildman–Crippen LogP) is 3.13. The Morgan fingerprint density at radius 1 is 1.00 bits per heavy atom. The van der Waals surface area contributed by atoms with E-state index in [-0.39, 0.29) is 12.0 Å². The first kappa shape index (κ1) is 18.5. The zero-order valence-electron chi connectivity index (χ0n) is 14.7. The van der Waals surface area contributed by atoms with E-state index < -0.39 is 18.0 Å². The standard InChI is InChI=1S/C20H23NO4/c1-20(2,3)15-9-11-16(12-10-15)24-13-17(22)25-18(19(21)23)14-7-5-4-6-8-14/h4-12,18H,13H2,1-3H3,(H2,21,23)/t18-/m0/s1. The quantitative estimate of drug-likeness (QED) is 0.819. The number of hydrogen-bond donors (Lipinski definition) is 1. The molecule has 132 valence electrons. The maximum Gasteiger partial charge on any atom is 0.345 e. The second-order valence-corrected chi connectivity index (χ2v) is 6.75. The summed E-state index contributed by atoms with van der Waals surface area (Å²) >= 11 is 0. The Kier molecular flexibility index (Phi) is 5.80. The van der Waals surface area contributed by atoms with E-state index in [1.54, 1.807) is 42.5 Å². The maximum absolute atomic E-state index is 12.0. The van der Waals surface area contributed by atoms with E-state index in [0.717, 1.165) is 0 Å². The van der Waals surface area contributed by atoms with Gasteiger partial charge in [-0.05, 0) is 23.1 Å². The third kappa shape index (κ3) is 5.35. The number of amides is 1. The third-order valence-corrected chi connectivity index (χ3v) is 3.69. The Morgan fingerprint density at radius 3 is 2.12 bits per heavy atom. The molecule has 0 aliphatic carbocycles. The number of rotatable bonds is 6. The van der Waals surface area contributed by atoms with Gasteiger partial charge in [-0.1, -0.05) is 63.2 Å². The number of carbonyl (C=O) groups is 2. The first-order valence-electron chi connectivity index (χ1n) is 8.04. The number of primary amides is 1. The normalized spacial score (nSPS) is 12.3. The highest BCUT2D eigenvalue weighted by Gasteiger charge is 2.22. The fourth-order valence-electron chi connectivity index (χ4n) is 2.28. The van der Waals surface area contributed by atoms with Gasteiger partial charge in [-0.3, -0.25) is 4.79 Å². The van der Waals surface area contributed by atoms with Crippen LogP contribution in [-0.2, 0) is 19.7 Å². The fourth-order valence-corrected chi connectivity index (χ4v) is 2.28. The SMILES string of the molecule is CC(C)(C)c1ccc(OCC(=O)O[C@H](C(N)=O)c2ccccc2)cc1. The number of carbonyl (C=O) groups excluding carboxylic acids is 2. The van der Waals surface area contributed by atoms with Gasteiger partial charge in [0.1, 0.15) is 5.75 Å². The van der Waals surface area contributed by atoms with Crippen molar-refractivity contribution in [1.82, 2.24) is 0 Å². The highest BCUT2D eigenvalue weighted by molar-refractivity contribution is 5.83. The fraction of sp³-hybridized carbons (Fsp3) is 0.300. The molecule has 0 bridgehead atoms. The zero-order chi connectivity index (χ0) is 18.4. The molecule has 5 nitrogen and oxygen atoms in total. The van der Waals surface area contributed by atoms with E-state index in [1.165, 1.54) is 5.56 Å². The van der Waals surface area contributed by atoms with Crippen LogP contribution in [0.25, 0.3) is 0 Å². The van der Waals surface area contributed by atoms with E-state index in [9.17, 15) is 9.59 Å². The molecular formula is C20H23NO4. The van der Waals surface area contributed by atoms with E-state index in [0.29, 0.717) is 11.3 Å². The Bertz CT molecular complexity index is 718. The maximum atomic E-state index is 12.0. The lowest BCUT2D eigenvalue weighted by molar-refractivity contribution is -0.157. The molecule has 2 rings (SSSR count). The molecule has 1 amide bonds. The molecule has 0 heterocycles. The van der Waals surface area contributed by atoms with Crippen molar-refractivity contribution in [2.45, 2.75) is 32.3 Å². The molecule has 2 aromatic carbocycles. The summed E-state index contributed by atoms with van der Waals surface area (Å²) < 4.78 is 10.6. The minimum atomic E-state index is -1.12. The van der Waals surface area contributed by atoms with Crippen molar-refractivity contribution < 1.29 is 19.1 Å². The van der Waals surface area contributed by atoms with Gasteiger partial charge in [0.25, 0.3) is 5.91 Å². The van der Waals surface area contributed by atoms with Gasteiger partial charge >= 0.3 is 5.97 Å². The lowest BCUT2D eigenvalue weighted by atomic mass is 9.87. The average Bonchev–Trinajstić information content (AvgIpc) is 2.58. The highest BCUT2D eigenvalue weighted by atomic mass is 16.6. The van der Waals surface area contributed by atoms with Gasteiger partial charge < -0.3 is 15.2 Å². The summed E-state index contributed by atoms with van der Waals surface area (Å²) in [5, 5.41) is 0. The van der Waals surface area contributed by atoms with Crippen LogP contribution in [0.1, 0.15) is 38.0 Å². The van der Waals surface area contributed by atoms with Gasteiger partial charge in [-0.25, -0.2) is 4.79 Å². The van der Waals surface area contributed by atoms with Crippen molar-refractivity contribution in [2.75, 3.05) is 6.61 Å². The van der Waals surface area contributed by atoms with Crippen LogP contribution in [0.2, 0.25) is 0 Å². The van der Waals surface area contributed by atoms with Crippen molar-refractivity contribution in [2.24, 2.45) is 5.73 Å². The predicted molar refractivity (Wildman–Crippen MR) is 95.1 cm³/mol. The van der Waals surface area contributed by atoms with E-state index >= 15 is 0 Å². The Labute approximate surface area is 147 Å². The van der Waals surface area contributed by atoms with Crippen molar-refractivity contribution in [1.29, 1.82) is 0 Å². The van der Waals surface area contributed by atoms with Crippen LogP contribution in [0.3, 0.4) is 0 Å². The molecule has 0 radical (unpaired) electrons. The molecule has 0 unspecified atom stereocenters. The zero-order valence-corrected chi connectivity index (χ0v) is 14.7. The van der Waals surface area contributed by atoms with Crippen LogP contribution in [0.15, 0.2) is 54.6 Å². The minimum Gasteiger partial charge on any atom is -0.482 e. The molecule has 1 atom stereocenters. The summed E-state index contributed by atoms with van der Waals surface area (Å²) in [7, 11) is 0. The monoisotopic (exact) mass is 341 g/mol. The van der Waals surface area contributed by atoms with Crippen molar-refractivity contribution in [3.63, 3.8) is 0 Å². The number of nitrogens with two attached hydrogens (primary N) is 1. The van der Waals surface area contributed by atoms with Crippen LogP contribution in [0, 0.1) is 0 Å². The lowest BCUT2D eigenvalue weighted by Gasteiger charge is -2.19. The summed E-state index contributed by atoms with van der Waals surface area (Å²) in [4.78, 5) is 23.5. The second-order valence-electron chi connectivity index (χ2n) is 6.75. The molecule has 0 aromatic heterocycles. The second kappa shape index (κ2) is 7.83. The van der Waals surface area contributed by atoms with E-state index in [4.69, 9.17) is 15.2 Å². The third-order valence-electron chi connectivity index (χ3n) is 3.69. The molecule has 0 spiro atoms. The van der Waals surface area contributed by atoms with Gasteiger partial charge in [0.15, 0.2) is 6.61 Å². The molecule has 0 aliphatic heterocycles. The molecule has 0 aliphatic rings. The van der Waals surface area contributed by atoms with Crippen LogP contribution in [0.5, 0.6) is 5.75 Å². The molecule has 0 saturated carbocycles. The Hall–Kier alpha value is -2.82. The molecular weight excluding hydrogens is 318 g/mol. The summed E-state index contributed by atoms with van der Waals surface area (Å²) in [6.07, 6.45) is -1.12. The topological polar surface area (TPSA) is 78.6 Å². The minimum absolute atomic E-state index is 0.0435. The first-order valence-corrected chi connectivity index (χ1v) is 8.04. The van der Waals surface area contributed by atoms with Gasteiger partial charge in [0.2, 0.25) is 6.10 Å². The molecule has 2 N–H and O–H groups in total. The molecule has 5 heteroatoms. The summed E-state index contributed by atoms with van der Waals surface area (Å²) in [5.74, 6) is -0.832. The van der Waals surface area contributed by atoms with Crippen LogP contribution < -0.4 is 10.5 Å². The van der Waals surface area contributed by atoms with Crippen molar-refractivity contribution >= 4 is 11.9 Å². The molecule has 2 aromatic rings. The van der Waals surface area contributed by atoms with E-state index in [1.807, 2.05) is 12.1 Å². The van der Waals surface area contributed by atoms with Crippen LogP contribution in [-0.4, -0.2) is 18.5 Å². The van der Waals surface area contributed by atoms with Gasteiger partial charge in [-0.2, -0.15) is 0 Å². The summed E-state index contributed by atoms with van der Waals surface area (Å²) in [6.45, 7) is 6.06. The Morgan fingerprint density at radius 2 is 1.60 bits per heavy atom. The molecule has 0 fully saturated rings. The van der Waals surface area contributed by atoms with Gasteiger partial charge in [-0.15, -0.1) is 0 Å². The first-order chi connectivity index (χ1) is 11.8. The van der Waals surface area contributed by atoms with Crippen molar-refractivity contribution in [3.8, 4) is 5.75 Å². The van der Waals surface area contributed by atoms with E-state index in [2.05, 4.69) is 20.8 Å². The smallest absolute Gasteiger partial charge is 0.345 e. The number of esters is 1. The van der Waals surface area contributed by atoms with Crippen LogP contribution >= 0.6 is 0 Å². The largest absolute Gasteiger partial charge is 0.482 e. The molecule has 25 heavy (non-hydrogen) atoms. The van der Waals surface area contributed by atoms with Gasteiger partial charge in [0.05, 0.1) is 0 Å². The number of ether oxygens (including phenoxy) is 2. The summed E-state index contributed by atoms with van der Waals surface area (Å²) in [5.41, 5.74) is 7.06. The van der Waals surface area contributed by atoms with Crippen molar-refractivity contribution in [3.05, 3.63) is 65.7 Å². The van der Waals surface area contributed by atoms with Crippen LogP contribution in [0.4, 0.5) is 0 Å². The number of benzene rings is 2. The molecule has 0 saturated heterocycles. The highest BCUT2D eigenvalue weighted by Crippen LogP contribution is 2.24. The lowest BCUT2D eigenvalue weighted by Crippen LogP contribution is -2.28. The summed E-state index contributed by atoms with van der Waals surface area (Å²) in [6, 6.07) is 16.1. The average molecular weight is 341 g/mol. The number of hydrogen-bond acceptors (Lipinski definition) is 4. The van der Waals surface area contributed by atoms with Gasteiger partial charge in [0, 0.05) is 5.56 Å².